The average Bonchev–Trinajstić information content (AvgIpc) is 2.39. The molecule has 1 heterocycles. The Morgan fingerprint density at radius 3 is 2.76 bits per heavy atom. The molecule has 0 N–H and O–H groups in total. The third-order valence-electron chi connectivity index (χ3n) is 2.93. The van der Waals surface area contributed by atoms with Crippen molar-refractivity contribution in [2.24, 2.45) is 0 Å². The molecule has 4 heteroatoms. The number of carbonyl (C=O) groups excluding carboxylic acids is 1. The summed E-state index contributed by atoms with van der Waals surface area (Å²) < 4.78 is 18.6. The number of Topliss-reactive ketones (excluding diaryl/α,β-unsaturated/α-hetero) is 1. The number of ether oxygens (including phenoxy) is 1. The van der Waals surface area contributed by atoms with Gasteiger partial charge in [0.1, 0.15) is 5.82 Å². The molecule has 1 aromatic rings. The normalized spacial score (nSPS) is 16.0. The Morgan fingerprint density at radius 1 is 1.41 bits per heavy atom. The van der Waals surface area contributed by atoms with Crippen molar-refractivity contribution in [1.82, 2.24) is 0 Å². The highest BCUT2D eigenvalue weighted by Crippen LogP contribution is 2.24. The molecule has 1 aromatic carbocycles. The fraction of sp³-hybridized carbons (Fsp3) is 0.462. The predicted molar refractivity (Wildman–Crippen MR) is 64.1 cm³/mol. The zero-order chi connectivity index (χ0) is 12.3. The monoisotopic (exact) mass is 237 g/mol. The van der Waals surface area contributed by atoms with Crippen molar-refractivity contribution in [3.8, 4) is 0 Å². The van der Waals surface area contributed by atoms with Crippen molar-refractivity contribution < 1.29 is 13.9 Å². The van der Waals surface area contributed by atoms with E-state index in [0.717, 1.165) is 0 Å². The lowest BCUT2D eigenvalue weighted by Crippen LogP contribution is -2.37. The second kappa shape index (κ2) is 5.27. The van der Waals surface area contributed by atoms with Gasteiger partial charge in [-0.05, 0) is 18.2 Å². The van der Waals surface area contributed by atoms with E-state index in [1.165, 1.54) is 12.1 Å². The van der Waals surface area contributed by atoms with Gasteiger partial charge < -0.3 is 9.64 Å². The van der Waals surface area contributed by atoms with E-state index in [1.807, 2.05) is 11.8 Å². The second-order valence-corrected chi connectivity index (χ2v) is 4.04. The first-order valence-corrected chi connectivity index (χ1v) is 5.88. The van der Waals surface area contributed by atoms with Gasteiger partial charge in [-0.2, -0.15) is 0 Å². The Bertz CT molecular complexity index is 414. The van der Waals surface area contributed by atoms with Crippen LogP contribution in [0, 0.1) is 5.82 Å². The minimum Gasteiger partial charge on any atom is -0.378 e. The molecule has 0 unspecified atom stereocenters. The molecule has 2 rings (SSSR count). The summed E-state index contributed by atoms with van der Waals surface area (Å²) in [5.74, 6) is -0.259. The highest BCUT2D eigenvalue weighted by atomic mass is 19.1. The quantitative estimate of drug-likeness (QED) is 0.755. The molecule has 0 bridgehead atoms. The lowest BCUT2D eigenvalue weighted by atomic mass is 10.1. The predicted octanol–water partition coefficient (Wildman–Crippen LogP) is 2.25. The van der Waals surface area contributed by atoms with Crippen molar-refractivity contribution in [3.63, 3.8) is 0 Å². The molecule has 0 aromatic heterocycles. The van der Waals surface area contributed by atoms with Gasteiger partial charge in [0.05, 0.1) is 18.9 Å². The molecule has 0 radical (unpaired) electrons. The number of carbonyl (C=O) groups is 1. The van der Waals surface area contributed by atoms with Crippen LogP contribution in [0.3, 0.4) is 0 Å². The molecule has 92 valence electrons. The summed E-state index contributed by atoms with van der Waals surface area (Å²) in [7, 11) is 0. The number of hydrogen-bond donors (Lipinski definition) is 0. The SMILES string of the molecule is CCC(=O)c1ccc(F)cc1N1CCOCC1. The van der Waals surface area contributed by atoms with Crippen LogP contribution in [0.2, 0.25) is 0 Å². The Morgan fingerprint density at radius 2 is 2.12 bits per heavy atom. The molecule has 0 aliphatic carbocycles. The van der Waals surface area contributed by atoms with Gasteiger partial charge in [-0.15, -0.1) is 0 Å². The molecule has 0 atom stereocenters. The molecule has 0 spiro atoms. The van der Waals surface area contributed by atoms with Gasteiger partial charge in [-0.3, -0.25) is 4.79 Å². The van der Waals surface area contributed by atoms with E-state index >= 15 is 0 Å². The first kappa shape index (κ1) is 12.0. The van der Waals surface area contributed by atoms with E-state index in [4.69, 9.17) is 4.74 Å². The van der Waals surface area contributed by atoms with Crippen LogP contribution in [-0.4, -0.2) is 32.1 Å². The molecule has 1 aliphatic rings. The van der Waals surface area contributed by atoms with Crippen LogP contribution in [0.15, 0.2) is 18.2 Å². The summed E-state index contributed by atoms with van der Waals surface area (Å²) in [6.07, 6.45) is 0.434. The van der Waals surface area contributed by atoms with Crippen molar-refractivity contribution in [2.75, 3.05) is 31.2 Å². The van der Waals surface area contributed by atoms with Crippen LogP contribution in [0.25, 0.3) is 0 Å². The van der Waals surface area contributed by atoms with Crippen molar-refractivity contribution in [3.05, 3.63) is 29.6 Å². The zero-order valence-corrected chi connectivity index (χ0v) is 9.91. The number of rotatable bonds is 3. The van der Waals surface area contributed by atoms with E-state index in [9.17, 15) is 9.18 Å². The summed E-state index contributed by atoms with van der Waals surface area (Å²) in [5.41, 5.74) is 1.30. The molecule has 1 fully saturated rings. The molecule has 3 nitrogen and oxygen atoms in total. The molecule has 1 saturated heterocycles. The Labute approximate surface area is 100 Å². The number of ketones is 1. The lowest BCUT2D eigenvalue weighted by Gasteiger charge is -2.30. The van der Waals surface area contributed by atoms with Gasteiger partial charge in [0, 0.05) is 25.1 Å². The Hall–Kier alpha value is -1.42. The standard InChI is InChI=1S/C13H16FNO2/c1-2-13(16)11-4-3-10(14)9-12(11)15-5-7-17-8-6-15/h3-4,9H,2,5-8H2,1H3. The average molecular weight is 237 g/mol. The number of morpholine rings is 1. The maximum absolute atomic E-state index is 13.3. The highest BCUT2D eigenvalue weighted by molar-refractivity contribution is 6.01. The van der Waals surface area contributed by atoms with Gasteiger partial charge in [-0.1, -0.05) is 6.92 Å². The summed E-state index contributed by atoms with van der Waals surface area (Å²) in [6.45, 7) is 4.46. The van der Waals surface area contributed by atoms with Crippen LogP contribution in [0.4, 0.5) is 10.1 Å². The van der Waals surface area contributed by atoms with Gasteiger partial charge in [-0.25, -0.2) is 4.39 Å². The first-order chi connectivity index (χ1) is 8.22. The number of halogens is 1. The van der Waals surface area contributed by atoms with Crippen molar-refractivity contribution in [2.45, 2.75) is 13.3 Å². The summed E-state index contributed by atoms with van der Waals surface area (Å²) in [4.78, 5) is 13.8. The van der Waals surface area contributed by atoms with Crippen LogP contribution in [0.1, 0.15) is 23.7 Å². The Balaban J connectivity index is 2.35. The van der Waals surface area contributed by atoms with Gasteiger partial charge >= 0.3 is 0 Å². The fourth-order valence-electron chi connectivity index (χ4n) is 2.00. The number of nitrogens with zero attached hydrogens (tertiary/aromatic N) is 1. The molecular formula is C13H16FNO2. The maximum Gasteiger partial charge on any atom is 0.164 e. The minimum atomic E-state index is -0.306. The van der Waals surface area contributed by atoms with E-state index in [-0.39, 0.29) is 11.6 Å². The third kappa shape index (κ3) is 2.64. The van der Waals surface area contributed by atoms with Gasteiger partial charge in [0.2, 0.25) is 0 Å². The van der Waals surface area contributed by atoms with Gasteiger partial charge in [0.25, 0.3) is 0 Å². The van der Waals surface area contributed by atoms with E-state index in [0.29, 0.717) is 44.0 Å². The van der Waals surface area contributed by atoms with E-state index in [2.05, 4.69) is 0 Å². The van der Waals surface area contributed by atoms with Gasteiger partial charge in [0.15, 0.2) is 5.78 Å². The third-order valence-corrected chi connectivity index (χ3v) is 2.93. The summed E-state index contributed by atoms with van der Waals surface area (Å²) >= 11 is 0. The summed E-state index contributed by atoms with van der Waals surface area (Å²) in [6, 6.07) is 4.35. The van der Waals surface area contributed by atoms with Crippen LogP contribution < -0.4 is 4.90 Å². The van der Waals surface area contributed by atoms with Crippen molar-refractivity contribution in [1.29, 1.82) is 0 Å². The highest BCUT2D eigenvalue weighted by Gasteiger charge is 2.18. The molecule has 0 saturated carbocycles. The number of benzene rings is 1. The van der Waals surface area contributed by atoms with E-state index in [1.54, 1.807) is 6.07 Å². The molecular weight excluding hydrogens is 221 g/mol. The number of hydrogen-bond acceptors (Lipinski definition) is 3. The Kier molecular flexibility index (Phi) is 3.74. The largest absolute Gasteiger partial charge is 0.378 e. The maximum atomic E-state index is 13.3. The lowest BCUT2D eigenvalue weighted by molar-refractivity contribution is 0.0986. The minimum absolute atomic E-state index is 0.0477. The van der Waals surface area contributed by atoms with E-state index < -0.39 is 0 Å². The van der Waals surface area contributed by atoms with Crippen LogP contribution in [0.5, 0.6) is 0 Å². The zero-order valence-electron chi connectivity index (χ0n) is 9.91. The van der Waals surface area contributed by atoms with Crippen LogP contribution in [-0.2, 0) is 4.74 Å². The molecule has 1 aliphatic heterocycles. The van der Waals surface area contributed by atoms with Crippen LogP contribution >= 0.6 is 0 Å². The smallest absolute Gasteiger partial charge is 0.164 e. The van der Waals surface area contributed by atoms with Crippen molar-refractivity contribution >= 4 is 11.5 Å². The second-order valence-electron chi connectivity index (χ2n) is 4.04. The topological polar surface area (TPSA) is 29.5 Å². The fourth-order valence-corrected chi connectivity index (χ4v) is 2.00. The molecule has 0 amide bonds. The summed E-state index contributed by atoms with van der Waals surface area (Å²) in [5, 5.41) is 0. The first-order valence-electron chi connectivity index (χ1n) is 5.88. The number of anilines is 1. The molecule has 17 heavy (non-hydrogen) atoms.